The van der Waals surface area contributed by atoms with Gasteiger partial charge >= 0.3 is 0 Å². The van der Waals surface area contributed by atoms with Gasteiger partial charge in [-0.25, -0.2) is 8.78 Å². The first-order valence-corrected chi connectivity index (χ1v) is 5.75. The fourth-order valence-corrected chi connectivity index (χ4v) is 1.71. The van der Waals surface area contributed by atoms with Crippen LogP contribution in [0.1, 0.15) is 21.7 Å². The number of hydrogen-bond donors (Lipinski definition) is 2. The van der Waals surface area contributed by atoms with Crippen molar-refractivity contribution in [1.82, 2.24) is 14.8 Å². The molecule has 0 atom stereocenters. The van der Waals surface area contributed by atoms with Crippen LogP contribution in [0.2, 0.25) is 0 Å². The van der Waals surface area contributed by atoms with Crippen LogP contribution in [-0.2, 0) is 6.54 Å². The quantitative estimate of drug-likeness (QED) is 0.894. The number of rotatable bonds is 4. The minimum absolute atomic E-state index is 0.181. The molecule has 0 aliphatic rings. The number of H-pyrrole nitrogens is 1. The average molecular weight is 268 g/mol. The number of amides is 1. The lowest BCUT2D eigenvalue weighted by atomic mass is 10.3. The number of aromatic amines is 1. The van der Waals surface area contributed by atoms with Crippen molar-refractivity contribution in [2.45, 2.75) is 26.8 Å². The maximum atomic E-state index is 12.4. The van der Waals surface area contributed by atoms with Crippen LogP contribution >= 0.6 is 0 Å². The van der Waals surface area contributed by atoms with Gasteiger partial charge < -0.3 is 9.88 Å². The summed E-state index contributed by atoms with van der Waals surface area (Å²) in [6, 6.07) is 3.05. The molecule has 0 radical (unpaired) electrons. The summed E-state index contributed by atoms with van der Waals surface area (Å²) < 4.78 is 25.9. The molecule has 0 bridgehead atoms. The Balaban J connectivity index is 2.16. The first kappa shape index (κ1) is 13.3. The largest absolute Gasteiger partial charge is 0.338 e. The van der Waals surface area contributed by atoms with E-state index in [1.807, 2.05) is 13.8 Å². The normalized spacial score (nSPS) is 11.0. The van der Waals surface area contributed by atoms with Gasteiger partial charge in [-0.3, -0.25) is 9.89 Å². The Hall–Kier alpha value is -2.18. The molecule has 2 N–H and O–H groups in total. The van der Waals surface area contributed by atoms with E-state index in [0.717, 1.165) is 11.3 Å². The first-order chi connectivity index (χ1) is 8.99. The van der Waals surface area contributed by atoms with Gasteiger partial charge in [0.1, 0.15) is 5.69 Å². The highest BCUT2D eigenvalue weighted by Crippen LogP contribution is 2.15. The molecule has 0 spiro atoms. The fraction of sp³-hybridized carbons (Fsp3) is 0.333. The fourth-order valence-electron chi connectivity index (χ4n) is 1.71. The van der Waals surface area contributed by atoms with E-state index in [9.17, 15) is 13.6 Å². The zero-order valence-corrected chi connectivity index (χ0v) is 10.6. The van der Waals surface area contributed by atoms with E-state index in [0.29, 0.717) is 5.82 Å². The van der Waals surface area contributed by atoms with Crippen LogP contribution in [0.3, 0.4) is 0 Å². The molecule has 0 fully saturated rings. The van der Waals surface area contributed by atoms with Gasteiger partial charge in [0.2, 0.25) is 0 Å². The molecule has 2 aromatic heterocycles. The number of alkyl halides is 2. The Kier molecular flexibility index (Phi) is 3.64. The van der Waals surface area contributed by atoms with E-state index in [-0.39, 0.29) is 5.69 Å². The number of aryl methyl sites for hydroxylation is 1. The van der Waals surface area contributed by atoms with Crippen molar-refractivity contribution in [3.8, 4) is 0 Å². The molecule has 0 aromatic carbocycles. The minimum atomic E-state index is -2.51. The Morgan fingerprint density at radius 1 is 1.53 bits per heavy atom. The third-order valence-corrected chi connectivity index (χ3v) is 2.88. The summed E-state index contributed by atoms with van der Waals surface area (Å²) in [5.74, 6) is -0.0486. The molecule has 0 aliphatic carbocycles. The molecule has 0 saturated carbocycles. The average Bonchev–Trinajstić information content (AvgIpc) is 2.90. The van der Waals surface area contributed by atoms with Gasteiger partial charge in [-0.15, -0.1) is 0 Å². The standard InChI is InChI=1S/C12H14F2N4O/c1-7-8(2)16-17-11(7)15-12(19)9-4-3-5-18(9)6-10(13)14/h3-5,10H,6H2,1-2H3,(H2,15,16,17,19). The van der Waals surface area contributed by atoms with E-state index in [1.54, 1.807) is 6.07 Å². The molecule has 2 aromatic rings. The molecular formula is C12H14F2N4O. The molecule has 0 saturated heterocycles. The summed E-state index contributed by atoms with van der Waals surface area (Å²) in [5.41, 5.74) is 1.85. The highest BCUT2D eigenvalue weighted by Gasteiger charge is 2.16. The number of anilines is 1. The molecule has 1 amide bonds. The Bertz CT molecular complexity index is 588. The highest BCUT2D eigenvalue weighted by molar-refractivity contribution is 6.03. The summed E-state index contributed by atoms with van der Waals surface area (Å²) >= 11 is 0. The highest BCUT2D eigenvalue weighted by atomic mass is 19.3. The molecule has 0 unspecified atom stereocenters. The van der Waals surface area contributed by atoms with Crippen LogP contribution in [0.25, 0.3) is 0 Å². The lowest BCUT2D eigenvalue weighted by Gasteiger charge is -2.08. The van der Waals surface area contributed by atoms with Crippen molar-refractivity contribution in [1.29, 1.82) is 0 Å². The van der Waals surface area contributed by atoms with Crippen LogP contribution in [-0.4, -0.2) is 27.1 Å². The van der Waals surface area contributed by atoms with E-state index in [2.05, 4.69) is 15.5 Å². The molecule has 19 heavy (non-hydrogen) atoms. The predicted molar refractivity (Wildman–Crippen MR) is 66.5 cm³/mol. The second-order valence-corrected chi connectivity index (χ2v) is 4.21. The number of nitrogens with one attached hydrogen (secondary N) is 2. The van der Waals surface area contributed by atoms with Crippen molar-refractivity contribution in [2.24, 2.45) is 0 Å². The Morgan fingerprint density at radius 2 is 2.26 bits per heavy atom. The molecule has 102 valence electrons. The maximum Gasteiger partial charge on any atom is 0.273 e. The second kappa shape index (κ2) is 5.21. The van der Waals surface area contributed by atoms with Gasteiger partial charge in [0.15, 0.2) is 5.82 Å². The second-order valence-electron chi connectivity index (χ2n) is 4.21. The van der Waals surface area contributed by atoms with E-state index < -0.39 is 18.9 Å². The molecule has 2 rings (SSSR count). The van der Waals surface area contributed by atoms with Crippen LogP contribution < -0.4 is 5.32 Å². The van der Waals surface area contributed by atoms with Crippen LogP contribution in [0.4, 0.5) is 14.6 Å². The molecule has 5 nitrogen and oxygen atoms in total. The van der Waals surface area contributed by atoms with Crippen LogP contribution in [0.5, 0.6) is 0 Å². The third kappa shape index (κ3) is 2.81. The van der Waals surface area contributed by atoms with E-state index in [1.165, 1.54) is 16.8 Å². The molecule has 2 heterocycles. The summed E-state index contributed by atoms with van der Waals surface area (Å²) in [4.78, 5) is 12.0. The van der Waals surface area contributed by atoms with Crippen molar-refractivity contribution in [2.75, 3.05) is 5.32 Å². The molecule has 0 aliphatic heterocycles. The van der Waals surface area contributed by atoms with Crippen molar-refractivity contribution in [3.05, 3.63) is 35.3 Å². The topological polar surface area (TPSA) is 62.7 Å². The molecule has 7 heteroatoms. The third-order valence-electron chi connectivity index (χ3n) is 2.88. The van der Waals surface area contributed by atoms with Crippen LogP contribution in [0.15, 0.2) is 18.3 Å². The van der Waals surface area contributed by atoms with Gasteiger partial charge in [0.25, 0.3) is 12.3 Å². The van der Waals surface area contributed by atoms with E-state index in [4.69, 9.17) is 0 Å². The summed E-state index contributed by atoms with van der Waals surface area (Å²) in [5, 5.41) is 9.28. The number of aromatic nitrogens is 3. The predicted octanol–water partition coefficient (Wildman–Crippen LogP) is 2.35. The number of carbonyl (C=O) groups excluding carboxylic acids is 1. The number of carbonyl (C=O) groups is 1. The zero-order chi connectivity index (χ0) is 14.0. The summed E-state index contributed by atoms with van der Waals surface area (Å²) in [7, 11) is 0. The van der Waals surface area contributed by atoms with Gasteiger partial charge in [0, 0.05) is 17.5 Å². The number of nitrogens with zero attached hydrogens (tertiary/aromatic N) is 2. The number of hydrogen-bond acceptors (Lipinski definition) is 2. The van der Waals surface area contributed by atoms with Crippen molar-refractivity contribution in [3.63, 3.8) is 0 Å². The number of halogens is 2. The minimum Gasteiger partial charge on any atom is -0.338 e. The van der Waals surface area contributed by atoms with Gasteiger partial charge in [-0.05, 0) is 26.0 Å². The van der Waals surface area contributed by atoms with E-state index >= 15 is 0 Å². The van der Waals surface area contributed by atoms with Gasteiger partial charge in [-0.1, -0.05) is 0 Å². The van der Waals surface area contributed by atoms with Crippen molar-refractivity contribution < 1.29 is 13.6 Å². The van der Waals surface area contributed by atoms with Crippen molar-refractivity contribution >= 4 is 11.7 Å². The van der Waals surface area contributed by atoms with Gasteiger partial charge in [-0.2, -0.15) is 5.10 Å². The zero-order valence-electron chi connectivity index (χ0n) is 10.6. The van der Waals surface area contributed by atoms with Crippen LogP contribution in [0, 0.1) is 13.8 Å². The Labute approximate surface area is 108 Å². The smallest absolute Gasteiger partial charge is 0.273 e. The van der Waals surface area contributed by atoms with Gasteiger partial charge in [0.05, 0.1) is 6.54 Å². The lowest BCUT2D eigenvalue weighted by molar-refractivity contribution is 0.0997. The first-order valence-electron chi connectivity index (χ1n) is 5.75. The molecular weight excluding hydrogens is 254 g/mol. The monoisotopic (exact) mass is 268 g/mol. The Morgan fingerprint density at radius 3 is 2.84 bits per heavy atom. The maximum absolute atomic E-state index is 12.4. The lowest BCUT2D eigenvalue weighted by Crippen LogP contribution is -2.19. The summed E-state index contributed by atoms with van der Waals surface area (Å²) in [6.45, 7) is 3.14. The SMILES string of the molecule is Cc1[nH]nc(NC(=O)c2cccn2CC(F)F)c1C. The summed E-state index contributed by atoms with van der Waals surface area (Å²) in [6.07, 6.45) is -1.06.